The van der Waals surface area contributed by atoms with Crippen LogP contribution in [0.4, 0.5) is 0 Å². The van der Waals surface area contributed by atoms with Crippen LogP contribution >= 0.6 is 34.3 Å². The number of hydrogen-bond acceptors (Lipinski definition) is 6. The van der Waals surface area contributed by atoms with Gasteiger partial charge < -0.3 is 4.98 Å². The van der Waals surface area contributed by atoms with E-state index >= 15 is 0 Å². The molecular weight excluding hydrogens is 856 g/mol. The maximum Gasteiger partial charge on any atom is 0.235 e. The van der Waals surface area contributed by atoms with Gasteiger partial charge in [-0.05, 0) is 81.7 Å². The minimum atomic E-state index is 0.280. The first-order valence-corrected chi connectivity index (χ1v) is 23.4. The predicted molar refractivity (Wildman–Crippen MR) is 276 cm³/mol. The standard InChI is InChI=1S/C28H17N3S.C14H9ClN2.C14H9NS/c1-2-8-18(9-3-1)26-20-10-4-6-12-22(20)29-28(30-26)31-23-13-7-5-11-21(23)25-24(31)15-14-19-16-17-32-27(19)25;15-14-16-12-9-5-4-8-11(12)13(17-14)10-6-2-1-3-7-10;1-2-4-11-10(3-1)13-12(15-11)6-5-9-7-8-16-14(9)13/h1-17H;1-9H;1-8,15H. The third-order valence-corrected chi connectivity index (χ3v) is 13.9. The highest BCUT2D eigenvalue weighted by Crippen LogP contribution is 2.40. The molecule has 6 nitrogen and oxygen atoms in total. The summed E-state index contributed by atoms with van der Waals surface area (Å²) in [4.78, 5) is 22.2. The van der Waals surface area contributed by atoms with Gasteiger partial charge in [0.05, 0.1) is 33.5 Å². The number of rotatable bonds is 3. The Kier molecular flexibility index (Phi) is 9.83. The van der Waals surface area contributed by atoms with E-state index in [9.17, 15) is 0 Å². The zero-order valence-corrected chi connectivity index (χ0v) is 36.9. The molecule has 0 saturated carbocycles. The summed E-state index contributed by atoms with van der Waals surface area (Å²) in [5, 5.41) is 14.5. The van der Waals surface area contributed by atoms with Crippen molar-refractivity contribution in [2.24, 2.45) is 0 Å². The van der Waals surface area contributed by atoms with E-state index in [1.807, 2.05) is 84.1 Å². The molecule has 6 aromatic heterocycles. The van der Waals surface area contributed by atoms with Gasteiger partial charge in [-0.25, -0.2) is 19.9 Å². The van der Waals surface area contributed by atoms with Gasteiger partial charge in [-0.2, -0.15) is 0 Å². The highest BCUT2D eigenvalue weighted by molar-refractivity contribution is 7.18. The Balaban J connectivity index is 0.000000113. The van der Waals surface area contributed by atoms with E-state index in [2.05, 4.69) is 152 Å². The maximum atomic E-state index is 5.95. The fourth-order valence-corrected chi connectivity index (χ4v) is 11.0. The van der Waals surface area contributed by atoms with Crippen molar-refractivity contribution in [2.45, 2.75) is 0 Å². The van der Waals surface area contributed by atoms with Crippen LogP contribution in [0.25, 0.3) is 114 Å². The van der Waals surface area contributed by atoms with Crippen molar-refractivity contribution in [1.29, 1.82) is 0 Å². The van der Waals surface area contributed by atoms with Crippen LogP contribution in [0, 0.1) is 0 Å². The number of para-hydroxylation sites is 4. The molecule has 0 radical (unpaired) electrons. The second-order valence-electron chi connectivity index (χ2n) is 15.6. The topological polar surface area (TPSA) is 72.3 Å². The summed E-state index contributed by atoms with van der Waals surface area (Å²) < 4.78 is 4.90. The van der Waals surface area contributed by atoms with Crippen LogP contribution in [0.1, 0.15) is 0 Å². The molecular formula is C56H35ClN6S2. The van der Waals surface area contributed by atoms with Gasteiger partial charge in [-0.1, -0.05) is 146 Å². The third kappa shape index (κ3) is 6.96. The minimum Gasteiger partial charge on any atom is -0.354 e. The Morgan fingerprint density at radius 3 is 1.63 bits per heavy atom. The molecule has 65 heavy (non-hydrogen) atoms. The Hall–Kier alpha value is -7.75. The van der Waals surface area contributed by atoms with Crippen molar-refractivity contribution in [1.82, 2.24) is 29.5 Å². The summed E-state index contributed by atoms with van der Waals surface area (Å²) in [7, 11) is 0. The molecule has 0 aliphatic carbocycles. The van der Waals surface area contributed by atoms with Gasteiger partial charge in [0.15, 0.2) is 0 Å². The van der Waals surface area contributed by atoms with E-state index in [1.54, 1.807) is 11.3 Å². The van der Waals surface area contributed by atoms with Crippen molar-refractivity contribution in [2.75, 3.05) is 0 Å². The van der Waals surface area contributed by atoms with Gasteiger partial charge in [0, 0.05) is 63.9 Å². The summed E-state index contributed by atoms with van der Waals surface area (Å²) in [6, 6.07) is 66.6. The van der Waals surface area contributed by atoms with Crippen molar-refractivity contribution >= 4 is 120 Å². The first-order valence-electron chi connectivity index (χ1n) is 21.2. The van der Waals surface area contributed by atoms with Crippen molar-refractivity contribution < 1.29 is 0 Å². The van der Waals surface area contributed by atoms with Crippen LogP contribution in [0.2, 0.25) is 5.28 Å². The fourth-order valence-electron chi connectivity index (χ4n) is 8.90. The molecule has 0 atom stereocenters. The fraction of sp³-hybridized carbons (Fsp3) is 0. The number of benzene rings is 8. The number of halogens is 1. The van der Waals surface area contributed by atoms with Crippen molar-refractivity contribution in [3.8, 4) is 28.5 Å². The molecule has 8 aromatic carbocycles. The van der Waals surface area contributed by atoms with E-state index in [0.717, 1.165) is 55.4 Å². The molecule has 0 aliphatic heterocycles. The molecule has 0 bridgehead atoms. The number of fused-ring (bicyclic) bond motifs is 12. The molecule has 6 heterocycles. The molecule has 1 N–H and O–H groups in total. The van der Waals surface area contributed by atoms with Crippen LogP contribution < -0.4 is 0 Å². The van der Waals surface area contributed by atoms with E-state index < -0.39 is 0 Å². The lowest BCUT2D eigenvalue weighted by molar-refractivity contribution is 1.01. The molecule has 0 saturated heterocycles. The Morgan fingerprint density at radius 1 is 0.400 bits per heavy atom. The maximum absolute atomic E-state index is 5.95. The largest absolute Gasteiger partial charge is 0.354 e. The molecule has 14 rings (SSSR count). The van der Waals surface area contributed by atoms with E-state index in [-0.39, 0.29) is 5.28 Å². The summed E-state index contributed by atoms with van der Waals surface area (Å²) in [6.45, 7) is 0. The molecule has 0 fully saturated rings. The van der Waals surface area contributed by atoms with Crippen LogP contribution in [-0.4, -0.2) is 29.5 Å². The van der Waals surface area contributed by atoms with E-state index in [1.165, 1.54) is 52.8 Å². The number of hydrogen-bond donors (Lipinski definition) is 1. The lowest BCUT2D eigenvalue weighted by Crippen LogP contribution is -2.03. The molecule has 0 aliphatic rings. The average Bonchev–Trinajstić information content (AvgIpc) is 4.18. The Bertz CT molecular complexity index is 4040. The highest BCUT2D eigenvalue weighted by Gasteiger charge is 2.19. The molecule has 9 heteroatoms. The van der Waals surface area contributed by atoms with Crippen molar-refractivity contribution in [3.05, 3.63) is 210 Å². The first-order chi connectivity index (χ1) is 32.2. The number of thiophene rings is 2. The first kappa shape index (κ1) is 38.9. The van der Waals surface area contributed by atoms with E-state index in [4.69, 9.17) is 21.6 Å². The quantitative estimate of drug-likeness (QED) is 0.179. The molecule has 0 amide bonds. The number of H-pyrrole nitrogens is 1. The molecule has 0 spiro atoms. The van der Waals surface area contributed by atoms with Crippen LogP contribution in [-0.2, 0) is 0 Å². The van der Waals surface area contributed by atoms with Gasteiger partial charge in [-0.15, -0.1) is 22.7 Å². The van der Waals surface area contributed by atoms with Crippen LogP contribution in [0.15, 0.2) is 205 Å². The second-order valence-corrected chi connectivity index (χ2v) is 17.8. The SMILES string of the molecule is Clc1nc(-c2ccccc2)c2ccccc2n1.c1ccc(-c2nc(-n3c4ccccc4c4c5sccc5ccc43)nc3ccccc23)cc1.c1ccc2c(c1)[nH]c1ccc3ccsc3c12. The van der Waals surface area contributed by atoms with Crippen LogP contribution in [0.3, 0.4) is 0 Å². The minimum absolute atomic E-state index is 0.280. The second kappa shape index (κ2) is 16.4. The van der Waals surface area contributed by atoms with Crippen LogP contribution in [0.5, 0.6) is 0 Å². The van der Waals surface area contributed by atoms with Gasteiger partial charge >= 0.3 is 0 Å². The monoisotopic (exact) mass is 890 g/mol. The smallest absolute Gasteiger partial charge is 0.235 e. The summed E-state index contributed by atoms with van der Waals surface area (Å²) in [6.07, 6.45) is 0. The zero-order chi connectivity index (χ0) is 43.3. The van der Waals surface area contributed by atoms with Gasteiger partial charge in [0.1, 0.15) is 0 Å². The highest BCUT2D eigenvalue weighted by atomic mass is 35.5. The average molecular weight is 892 g/mol. The summed E-state index contributed by atoms with van der Waals surface area (Å²) in [5.41, 5.74) is 10.5. The lowest BCUT2D eigenvalue weighted by atomic mass is 10.1. The zero-order valence-electron chi connectivity index (χ0n) is 34.6. The normalized spacial score (nSPS) is 11.5. The van der Waals surface area contributed by atoms with Crippen molar-refractivity contribution in [3.63, 3.8) is 0 Å². The summed E-state index contributed by atoms with van der Waals surface area (Å²) >= 11 is 9.56. The van der Waals surface area contributed by atoms with E-state index in [0.29, 0.717) is 5.95 Å². The van der Waals surface area contributed by atoms with Gasteiger partial charge in [0.25, 0.3) is 0 Å². The predicted octanol–water partition coefficient (Wildman–Crippen LogP) is 16.1. The number of nitrogens with zero attached hydrogens (tertiary/aromatic N) is 5. The molecule has 308 valence electrons. The number of aromatic amines is 1. The molecule has 0 unspecified atom stereocenters. The molecule has 14 aromatic rings. The lowest BCUT2D eigenvalue weighted by Gasteiger charge is -2.11. The number of aromatic nitrogens is 6. The number of nitrogens with one attached hydrogen (secondary N) is 1. The summed E-state index contributed by atoms with van der Waals surface area (Å²) in [5.74, 6) is 0.699. The third-order valence-electron chi connectivity index (χ3n) is 11.8. The van der Waals surface area contributed by atoms with Gasteiger partial charge in [-0.3, -0.25) is 4.57 Å². The van der Waals surface area contributed by atoms with Gasteiger partial charge in [0.2, 0.25) is 11.2 Å². The Morgan fingerprint density at radius 2 is 0.938 bits per heavy atom. The Labute approximate surface area is 385 Å².